The van der Waals surface area contributed by atoms with Gasteiger partial charge in [-0.15, -0.1) is 0 Å². The summed E-state index contributed by atoms with van der Waals surface area (Å²) in [5, 5.41) is 0. The van der Waals surface area contributed by atoms with Gasteiger partial charge in [-0.25, -0.2) is 0 Å². The smallest absolute Gasteiger partial charge is 0.258 e. The molecule has 1 heterocycles. The van der Waals surface area contributed by atoms with Gasteiger partial charge in [-0.3, -0.25) is 4.79 Å². The van der Waals surface area contributed by atoms with Crippen molar-refractivity contribution in [2.45, 2.75) is 19.4 Å². The number of carbonyl (C=O) groups is 1. The number of fused-ring (bicyclic) bond motifs is 1. The monoisotopic (exact) mass is 267 g/mol. The van der Waals surface area contributed by atoms with Gasteiger partial charge in [0.15, 0.2) is 0 Å². The van der Waals surface area contributed by atoms with Gasteiger partial charge in [0.2, 0.25) is 0 Å². The quantitative estimate of drug-likeness (QED) is 0.835. The summed E-state index contributed by atoms with van der Waals surface area (Å²) in [5.41, 5.74) is 2.96. The Labute approximate surface area is 118 Å². The lowest BCUT2D eigenvalue weighted by Crippen LogP contribution is -2.35. The first-order chi connectivity index (χ1) is 9.70. The molecule has 0 aliphatic carbocycles. The zero-order valence-electron chi connectivity index (χ0n) is 11.7. The van der Waals surface area contributed by atoms with Gasteiger partial charge >= 0.3 is 0 Å². The predicted molar refractivity (Wildman–Crippen MR) is 79.4 cm³/mol. The van der Waals surface area contributed by atoms with E-state index in [-0.39, 0.29) is 11.9 Å². The molecule has 0 spiro atoms. The third kappa shape index (κ3) is 2.05. The van der Waals surface area contributed by atoms with Gasteiger partial charge in [0, 0.05) is 17.3 Å². The van der Waals surface area contributed by atoms with Crippen molar-refractivity contribution < 1.29 is 9.53 Å². The van der Waals surface area contributed by atoms with Crippen molar-refractivity contribution >= 4 is 11.6 Å². The number of para-hydroxylation sites is 1. The fourth-order valence-corrected chi connectivity index (χ4v) is 2.75. The minimum absolute atomic E-state index is 0.0464. The van der Waals surface area contributed by atoms with Gasteiger partial charge in [0.25, 0.3) is 5.91 Å². The van der Waals surface area contributed by atoms with Gasteiger partial charge in [0.05, 0.1) is 7.11 Å². The minimum Gasteiger partial charge on any atom is -0.497 e. The van der Waals surface area contributed by atoms with E-state index in [0.29, 0.717) is 5.56 Å². The first kappa shape index (κ1) is 12.7. The van der Waals surface area contributed by atoms with Crippen molar-refractivity contribution in [1.82, 2.24) is 0 Å². The summed E-state index contributed by atoms with van der Waals surface area (Å²) in [6, 6.07) is 15.6. The van der Waals surface area contributed by atoms with Gasteiger partial charge in [-0.1, -0.05) is 18.2 Å². The molecule has 0 saturated carbocycles. The number of hydrogen-bond donors (Lipinski definition) is 0. The molecule has 102 valence electrons. The Morgan fingerprint density at radius 1 is 1.15 bits per heavy atom. The van der Waals surface area contributed by atoms with Crippen LogP contribution in [0.1, 0.15) is 22.8 Å². The van der Waals surface area contributed by atoms with Crippen molar-refractivity contribution in [2.24, 2.45) is 0 Å². The third-order valence-corrected chi connectivity index (χ3v) is 3.76. The van der Waals surface area contributed by atoms with E-state index in [1.807, 2.05) is 47.4 Å². The molecule has 0 bridgehead atoms. The summed E-state index contributed by atoms with van der Waals surface area (Å²) in [5.74, 6) is 0.807. The maximum Gasteiger partial charge on any atom is 0.258 e. The predicted octanol–water partition coefficient (Wildman–Crippen LogP) is 3.29. The molecule has 3 heteroatoms. The van der Waals surface area contributed by atoms with Crippen LogP contribution in [0.25, 0.3) is 0 Å². The Hall–Kier alpha value is -2.29. The van der Waals surface area contributed by atoms with E-state index in [1.165, 1.54) is 5.56 Å². The van der Waals surface area contributed by atoms with Crippen molar-refractivity contribution in [3.05, 3.63) is 59.7 Å². The molecule has 2 aromatic rings. The Morgan fingerprint density at radius 3 is 2.55 bits per heavy atom. The summed E-state index contributed by atoms with van der Waals surface area (Å²) in [4.78, 5) is 14.6. The Morgan fingerprint density at radius 2 is 1.85 bits per heavy atom. The molecule has 0 radical (unpaired) electrons. The topological polar surface area (TPSA) is 29.5 Å². The number of methoxy groups -OCH3 is 1. The molecule has 0 saturated heterocycles. The second kappa shape index (κ2) is 5.00. The average Bonchev–Trinajstić information content (AvgIpc) is 2.82. The highest BCUT2D eigenvalue weighted by atomic mass is 16.5. The number of anilines is 1. The molecule has 1 aliphatic heterocycles. The molecule has 0 unspecified atom stereocenters. The summed E-state index contributed by atoms with van der Waals surface area (Å²) < 4.78 is 5.13. The maximum absolute atomic E-state index is 12.7. The van der Waals surface area contributed by atoms with Crippen LogP contribution in [-0.2, 0) is 6.42 Å². The molecular formula is C17H17NO2. The summed E-state index contributed by atoms with van der Waals surface area (Å²) in [6.45, 7) is 2.08. The van der Waals surface area contributed by atoms with Gasteiger partial charge in [-0.05, 0) is 49.2 Å². The van der Waals surface area contributed by atoms with Crippen molar-refractivity contribution in [3.8, 4) is 5.75 Å². The van der Waals surface area contributed by atoms with Crippen LogP contribution < -0.4 is 9.64 Å². The first-order valence-corrected chi connectivity index (χ1v) is 6.76. The van der Waals surface area contributed by atoms with Crippen LogP contribution in [0.5, 0.6) is 5.75 Å². The average molecular weight is 267 g/mol. The second-order valence-corrected chi connectivity index (χ2v) is 5.09. The van der Waals surface area contributed by atoms with Crippen molar-refractivity contribution in [3.63, 3.8) is 0 Å². The summed E-state index contributed by atoms with van der Waals surface area (Å²) >= 11 is 0. The van der Waals surface area contributed by atoms with Crippen LogP contribution in [0.15, 0.2) is 48.5 Å². The zero-order chi connectivity index (χ0) is 14.1. The minimum atomic E-state index is 0.0464. The molecule has 1 aliphatic rings. The van der Waals surface area contributed by atoms with Crippen LogP contribution in [0, 0.1) is 0 Å². The maximum atomic E-state index is 12.7. The normalized spacial score (nSPS) is 16.9. The van der Waals surface area contributed by atoms with Crippen LogP contribution in [0.2, 0.25) is 0 Å². The molecule has 1 amide bonds. The van der Waals surface area contributed by atoms with E-state index in [0.717, 1.165) is 17.9 Å². The fraction of sp³-hybridized carbons (Fsp3) is 0.235. The SMILES string of the molecule is COc1ccc(C(=O)N2c3ccccc3C[C@@H]2C)cc1. The standard InChI is InChI=1S/C17H17NO2/c1-12-11-14-5-3-4-6-16(14)18(12)17(19)13-7-9-15(20-2)10-8-13/h3-10,12H,11H2,1-2H3/t12-/m0/s1. The molecule has 3 nitrogen and oxygen atoms in total. The number of ether oxygens (including phenoxy) is 1. The number of nitrogens with zero attached hydrogens (tertiary/aromatic N) is 1. The number of amides is 1. The van der Waals surface area contributed by atoms with Crippen LogP contribution >= 0.6 is 0 Å². The molecule has 0 N–H and O–H groups in total. The highest BCUT2D eigenvalue weighted by Gasteiger charge is 2.30. The van der Waals surface area contributed by atoms with Gasteiger partial charge in [-0.2, -0.15) is 0 Å². The van der Waals surface area contributed by atoms with Gasteiger partial charge < -0.3 is 9.64 Å². The first-order valence-electron chi connectivity index (χ1n) is 6.76. The number of carbonyl (C=O) groups excluding carboxylic acids is 1. The third-order valence-electron chi connectivity index (χ3n) is 3.76. The van der Waals surface area contributed by atoms with Crippen molar-refractivity contribution in [2.75, 3.05) is 12.0 Å². The molecule has 0 fully saturated rings. The molecule has 3 rings (SSSR count). The molecular weight excluding hydrogens is 250 g/mol. The number of hydrogen-bond acceptors (Lipinski definition) is 2. The molecule has 2 aromatic carbocycles. The lowest BCUT2D eigenvalue weighted by molar-refractivity contribution is 0.0981. The second-order valence-electron chi connectivity index (χ2n) is 5.09. The fourth-order valence-electron chi connectivity index (χ4n) is 2.75. The van der Waals surface area contributed by atoms with E-state index >= 15 is 0 Å². The zero-order valence-corrected chi connectivity index (χ0v) is 11.7. The van der Waals surface area contributed by atoms with Gasteiger partial charge in [0.1, 0.15) is 5.75 Å². The van der Waals surface area contributed by atoms with E-state index in [9.17, 15) is 4.79 Å². The van der Waals surface area contributed by atoms with Crippen LogP contribution in [-0.4, -0.2) is 19.1 Å². The summed E-state index contributed by atoms with van der Waals surface area (Å²) in [6.07, 6.45) is 0.915. The van der Waals surface area contributed by atoms with Crippen LogP contribution in [0.4, 0.5) is 5.69 Å². The Bertz CT molecular complexity index is 634. The lowest BCUT2D eigenvalue weighted by atomic mass is 10.1. The Kier molecular flexibility index (Phi) is 3.18. The van der Waals surface area contributed by atoms with Crippen molar-refractivity contribution in [1.29, 1.82) is 0 Å². The molecule has 0 aromatic heterocycles. The summed E-state index contributed by atoms with van der Waals surface area (Å²) in [7, 11) is 1.62. The highest BCUT2D eigenvalue weighted by Crippen LogP contribution is 2.33. The van der Waals surface area contributed by atoms with E-state index < -0.39 is 0 Å². The lowest BCUT2D eigenvalue weighted by Gasteiger charge is -2.22. The Balaban J connectivity index is 1.94. The van der Waals surface area contributed by atoms with E-state index in [1.54, 1.807) is 7.11 Å². The van der Waals surface area contributed by atoms with E-state index in [2.05, 4.69) is 13.0 Å². The molecule has 20 heavy (non-hydrogen) atoms. The largest absolute Gasteiger partial charge is 0.497 e. The number of benzene rings is 2. The van der Waals surface area contributed by atoms with E-state index in [4.69, 9.17) is 4.74 Å². The number of rotatable bonds is 2. The van der Waals surface area contributed by atoms with Crippen LogP contribution in [0.3, 0.4) is 0 Å². The highest BCUT2D eigenvalue weighted by molar-refractivity contribution is 6.07. The molecule has 1 atom stereocenters.